The van der Waals surface area contributed by atoms with Crippen LogP contribution in [0.15, 0.2) is 29.2 Å². The molecule has 0 spiro atoms. The van der Waals surface area contributed by atoms with Crippen LogP contribution in [0.1, 0.15) is 25.3 Å². The number of aliphatic carboxylic acids is 1. The molecule has 0 saturated heterocycles. The van der Waals surface area contributed by atoms with Gasteiger partial charge in [0.15, 0.2) is 0 Å². The number of carbonyl (C=O) groups is 2. The number of nitrogens with one attached hydrogen (secondary N) is 1. The van der Waals surface area contributed by atoms with Crippen molar-refractivity contribution in [1.29, 1.82) is 0 Å². The Morgan fingerprint density at radius 1 is 1.35 bits per heavy atom. The van der Waals surface area contributed by atoms with Gasteiger partial charge in [0.1, 0.15) is 6.04 Å². The summed E-state index contributed by atoms with van der Waals surface area (Å²) in [7, 11) is -4.37. The Balaban J connectivity index is 2.12. The molecule has 0 radical (unpaired) electrons. The van der Waals surface area contributed by atoms with Crippen LogP contribution in [-0.2, 0) is 25.8 Å². The van der Waals surface area contributed by atoms with E-state index in [4.69, 9.17) is 5.11 Å². The number of sulfonamides is 1. The Hall–Kier alpha value is -2.14. The predicted molar refractivity (Wildman–Crippen MR) is 83.6 cm³/mol. The van der Waals surface area contributed by atoms with Crippen LogP contribution in [0.25, 0.3) is 0 Å². The van der Waals surface area contributed by atoms with Gasteiger partial charge in [0, 0.05) is 6.04 Å². The van der Waals surface area contributed by atoms with Gasteiger partial charge in [-0.25, -0.2) is 17.9 Å². The lowest BCUT2D eigenvalue weighted by Crippen LogP contribution is -2.48. The van der Waals surface area contributed by atoms with Crippen molar-refractivity contribution < 1.29 is 36.3 Å². The van der Waals surface area contributed by atoms with Crippen LogP contribution in [0, 0.1) is 0 Å². The highest BCUT2D eigenvalue weighted by molar-refractivity contribution is 7.89. The molecule has 0 aromatic heterocycles. The van der Waals surface area contributed by atoms with E-state index in [1.165, 1.54) is 6.92 Å². The summed E-state index contributed by atoms with van der Waals surface area (Å²) >= 11 is 0. The largest absolute Gasteiger partial charge is 0.480 e. The van der Waals surface area contributed by atoms with E-state index in [2.05, 4.69) is 0 Å². The third-order valence-electron chi connectivity index (χ3n) is 3.89. The molecule has 1 aliphatic rings. The number of nitrogens with zero attached hydrogens (tertiary/aromatic N) is 1. The molecule has 1 amide bonds. The molecule has 1 saturated carbocycles. The van der Waals surface area contributed by atoms with Crippen LogP contribution in [0.2, 0.25) is 0 Å². The van der Waals surface area contributed by atoms with Crippen molar-refractivity contribution in [1.82, 2.24) is 9.62 Å². The molecule has 1 atom stereocenters. The maximum absolute atomic E-state index is 12.7. The van der Waals surface area contributed by atoms with Crippen LogP contribution >= 0.6 is 0 Å². The van der Waals surface area contributed by atoms with E-state index in [9.17, 15) is 31.2 Å². The van der Waals surface area contributed by atoms with Crippen molar-refractivity contribution in [2.24, 2.45) is 0 Å². The summed E-state index contributed by atoms with van der Waals surface area (Å²) in [5.41, 5.74) is -1.13. The van der Waals surface area contributed by atoms with E-state index in [0.29, 0.717) is 18.9 Å². The fourth-order valence-electron chi connectivity index (χ4n) is 2.38. The second kappa shape index (κ2) is 7.23. The molecule has 2 rings (SSSR count). The number of carbonyl (C=O) groups excluding carboxylic acids is 1. The lowest BCUT2D eigenvalue weighted by molar-refractivity contribution is -0.149. The zero-order valence-electron chi connectivity index (χ0n) is 13.7. The number of carboxylic acid groups (broad SMARTS) is 1. The lowest BCUT2D eigenvalue weighted by Gasteiger charge is -2.26. The van der Waals surface area contributed by atoms with E-state index in [-0.39, 0.29) is 6.04 Å². The fourth-order valence-corrected chi connectivity index (χ4v) is 3.40. The van der Waals surface area contributed by atoms with Crippen molar-refractivity contribution in [3.63, 3.8) is 0 Å². The van der Waals surface area contributed by atoms with Crippen molar-refractivity contribution in [3.8, 4) is 0 Å². The predicted octanol–water partition coefficient (Wildman–Crippen LogP) is 1.45. The second-order valence-corrected chi connectivity index (χ2v) is 7.66. The molecular formula is C15H17F3N2O5S. The molecule has 1 aromatic rings. The molecule has 11 heteroatoms. The van der Waals surface area contributed by atoms with Gasteiger partial charge in [0.25, 0.3) is 0 Å². The zero-order chi connectivity index (χ0) is 19.7. The van der Waals surface area contributed by atoms with Gasteiger partial charge in [-0.05, 0) is 38.0 Å². The SMILES string of the molecule is CC(C(=O)O)N(C(=O)CNS(=O)(=O)c1cccc(C(F)(F)F)c1)C1CC1. The lowest BCUT2D eigenvalue weighted by atomic mass is 10.2. The molecule has 1 aromatic carbocycles. The summed E-state index contributed by atoms with van der Waals surface area (Å²) in [6, 6.07) is 1.71. The van der Waals surface area contributed by atoms with Gasteiger partial charge >= 0.3 is 12.1 Å². The number of benzene rings is 1. The second-order valence-electron chi connectivity index (χ2n) is 5.90. The minimum absolute atomic E-state index is 0.272. The quantitative estimate of drug-likeness (QED) is 0.729. The van der Waals surface area contributed by atoms with Crippen LogP contribution in [0.4, 0.5) is 13.2 Å². The van der Waals surface area contributed by atoms with Crippen molar-refractivity contribution >= 4 is 21.9 Å². The number of carboxylic acids is 1. The molecule has 26 heavy (non-hydrogen) atoms. The Kier molecular flexibility index (Phi) is 5.61. The Morgan fingerprint density at radius 2 is 1.96 bits per heavy atom. The van der Waals surface area contributed by atoms with Gasteiger partial charge in [-0.2, -0.15) is 13.2 Å². The highest BCUT2D eigenvalue weighted by Crippen LogP contribution is 2.31. The maximum Gasteiger partial charge on any atom is 0.416 e. The summed E-state index contributed by atoms with van der Waals surface area (Å²) < 4.78 is 64.4. The van der Waals surface area contributed by atoms with Gasteiger partial charge in [-0.15, -0.1) is 0 Å². The topological polar surface area (TPSA) is 104 Å². The summed E-state index contributed by atoms with van der Waals surface area (Å²) in [6.07, 6.45) is -3.48. The molecule has 1 fully saturated rings. The van der Waals surface area contributed by atoms with Crippen LogP contribution in [0.5, 0.6) is 0 Å². The highest BCUT2D eigenvalue weighted by atomic mass is 32.2. The van der Waals surface area contributed by atoms with Gasteiger partial charge in [-0.3, -0.25) is 4.79 Å². The highest BCUT2D eigenvalue weighted by Gasteiger charge is 2.38. The summed E-state index contributed by atoms with van der Waals surface area (Å²) in [5.74, 6) is -1.98. The number of hydrogen-bond acceptors (Lipinski definition) is 4. The number of alkyl halides is 3. The van der Waals surface area contributed by atoms with Crippen molar-refractivity contribution in [2.75, 3.05) is 6.54 Å². The molecule has 144 valence electrons. The van der Waals surface area contributed by atoms with E-state index < -0.39 is 51.1 Å². The number of amides is 1. The van der Waals surface area contributed by atoms with Crippen LogP contribution in [-0.4, -0.2) is 48.9 Å². The maximum atomic E-state index is 12.7. The first-order chi connectivity index (χ1) is 11.9. The zero-order valence-corrected chi connectivity index (χ0v) is 14.5. The van der Waals surface area contributed by atoms with Crippen molar-refractivity contribution in [3.05, 3.63) is 29.8 Å². The van der Waals surface area contributed by atoms with Gasteiger partial charge < -0.3 is 10.0 Å². The van der Waals surface area contributed by atoms with Gasteiger partial charge in [-0.1, -0.05) is 6.07 Å². The Labute approximate surface area is 147 Å². The molecule has 0 bridgehead atoms. The first-order valence-corrected chi connectivity index (χ1v) is 9.12. The van der Waals surface area contributed by atoms with Crippen LogP contribution < -0.4 is 4.72 Å². The minimum atomic E-state index is -4.71. The molecular weight excluding hydrogens is 377 g/mol. The van der Waals surface area contributed by atoms with E-state index in [1.807, 2.05) is 4.72 Å². The molecule has 2 N–H and O–H groups in total. The number of rotatable bonds is 7. The molecule has 7 nitrogen and oxygen atoms in total. The molecule has 1 aliphatic carbocycles. The number of halogens is 3. The molecule has 1 unspecified atom stereocenters. The van der Waals surface area contributed by atoms with Gasteiger partial charge in [0.2, 0.25) is 15.9 Å². The van der Waals surface area contributed by atoms with E-state index in [0.717, 1.165) is 23.1 Å². The first kappa shape index (κ1) is 20.2. The monoisotopic (exact) mass is 394 g/mol. The van der Waals surface area contributed by atoms with E-state index in [1.54, 1.807) is 0 Å². The summed E-state index contributed by atoms with van der Waals surface area (Å²) in [4.78, 5) is 23.8. The normalized spacial score (nSPS) is 16.2. The first-order valence-electron chi connectivity index (χ1n) is 7.64. The standard InChI is InChI=1S/C15H17F3N2O5S/c1-9(14(22)23)20(11-5-6-11)13(21)8-19-26(24,25)12-4-2-3-10(7-12)15(16,17)18/h2-4,7,9,11,19H,5-6,8H2,1H3,(H,22,23). The third-order valence-corrected chi connectivity index (χ3v) is 5.29. The Morgan fingerprint density at radius 3 is 2.46 bits per heavy atom. The van der Waals surface area contributed by atoms with Crippen molar-refractivity contribution in [2.45, 2.75) is 42.9 Å². The average molecular weight is 394 g/mol. The molecule has 0 aliphatic heterocycles. The fraction of sp³-hybridized carbons (Fsp3) is 0.467. The number of hydrogen-bond donors (Lipinski definition) is 2. The van der Waals surface area contributed by atoms with E-state index >= 15 is 0 Å². The average Bonchev–Trinajstić information content (AvgIpc) is 3.37. The Bertz CT molecular complexity index is 806. The van der Waals surface area contributed by atoms with Gasteiger partial charge in [0.05, 0.1) is 17.0 Å². The van der Waals surface area contributed by atoms with Crippen LogP contribution in [0.3, 0.4) is 0 Å². The minimum Gasteiger partial charge on any atom is -0.480 e. The smallest absolute Gasteiger partial charge is 0.416 e. The molecule has 0 heterocycles. The third kappa shape index (κ3) is 4.73. The summed E-state index contributed by atoms with van der Waals surface area (Å²) in [5, 5.41) is 9.05. The summed E-state index contributed by atoms with van der Waals surface area (Å²) in [6.45, 7) is 0.562.